The van der Waals surface area contributed by atoms with Crippen LogP contribution in [0.25, 0.3) is 0 Å². The van der Waals surface area contributed by atoms with E-state index in [1.807, 2.05) is 38.1 Å². The number of sulfonamides is 1. The Kier molecular flexibility index (Phi) is 5.63. The molecule has 0 radical (unpaired) electrons. The van der Waals surface area contributed by atoms with Gasteiger partial charge in [-0.2, -0.15) is 5.10 Å². The zero-order valence-electron chi connectivity index (χ0n) is 12.7. The first kappa shape index (κ1) is 17.0. The van der Waals surface area contributed by atoms with Crippen molar-refractivity contribution in [3.8, 4) is 0 Å². The van der Waals surface area contributed by atoms with Crippen LogP contribution >= 0.6 is 15.9 Å². The summed E-state index contributed by atoms with van der Waals surface area (Å²) in [5.41, 5.74) is 2.32. The highest BCUT2D eigenvalue weighted by Gasteiger charge is 2.15. The molecule has 7 heteroatoms. The van der Waals surface area contributed by atoms with Crippen molar-refractivity contribution in [2.75, 3.05) is 10.5 Å². The summed E-state index contributed by atoms with van der Waals surface area (Å²) in [6, 6.07) is 8.16. The number of benzene rings is 1. The third-order valence-corrected chi connectivity index (χ3v) is 5.11. The standard InChI is InChI=1S/C15H20BrN3O2S/c1-3-4-9-22(20,21)18-15-14(16)11-19(17-15)10-13-7-5-12(2)6-8-13/h5-8,11H,3-4,9-10H2,1-2H3,(H,17,18). The molecular formula is C15H20BrN3O2S. The van der Waals surface area contributed by atoms with Crippen LogP contribution in [0.15, 0.2) is 34.9 Å². The molecule has 5 nitrogen and oxygen atoms in total. The second-order valence-electron chi connectivity index (χ2n) is 5.28. The summed E-state index contributed by atoms with van der Waals surface area (Å²) in [5.74, 6) is 0.448. The molecule has 0 unspecified atom stereocenters. The average Bonchev–Trinajstić information content (AvgIpc) is 2.78. The van der Waals surface area contributed by atoms with Crippen LogP contribution in [-0.4, -0.2) is 24.0 Å². The van der Waals surface area contributed by atoms with Gasteiger partial charge in [-0.1, -0.05) is 43.2 Å². The topological polar surface area (TPSA) is 64.0 Å². The Labute approximate surface area is 139 Å². The molecule has 0 fully saturated rings. The Hall–Kier alpha value is -1.34. The largest absolute Gasteiger partial charge is 0.265 e. The minimum absolute atomic E-state index is 0.112. The number of aryl methyl sites for hydroxylation is 1. The maximum Gasteiger partial charge on any atom is 0.233 e. The molecule has 0 atom stereocenters. The van der Waals surface area contributed by atoms with Crippen molar-refractivity contribution in [2.45, 2.75) is 33.2 Å². The van der Waals surface area contributed by atoms with Crippen molar-refractivity contribution in [3.05, 3.63) is 46.1 Å². The van der Waals surface area contributed by atoms with Gasteiger partial charge in [-0.05, 0) is 34.8 Å². The predicted molar refractivity (Wildman–Crippen MR) is 92.5 cm³/mol. The van der Waals surface area contributed by atoms with Crippen LogP contribution < -0.4 is 4.72 Å². The molecule has 0 spiro atoms. The van der Waals surface area contributed by atoms with Gasteiger partial charge in [-0.25, -0.2) is 8.42 Å². The fraction of sp³-hybridized carbons (Fsp3) is 0.400. The normalized spacial score (nSPS) is 11.6. The van der Waals surface area contributed by atoms with Gasteiger partial charge in [0, 0.05) is 6.20 Å². The van der Waals surface area contributed by atoms with Crippen LogP contribution in [-0.2, 0) is 16.6 Å². The second-order valence-corrected chi connectivity index (χ2v) is 7.98. The first-order valence-corrected chi connectivity index (χ1v) is 9.63. The number of hydrogen-bond acceptors (Lipinski definition) is 3. The van der Waals surface area contributed by atoms with E-state index in [4.69, 9.17) is 0 Å². The SMILES string of the molecule is CCCCS(=O)(=O)Nc1nn(Cc2ccc(C)cc2)cc1Br. The van der Waals surface area contributed by atoms with E-state index in [9.17, 15) is 8.42 Å². The maximum absolute atomic E-state index is 11.9. The van der Waals surface area contributed by atoms with Crippen LogP contribution in [0.2, 0.25) is 0 Å². The molecule has 0 saturated heterocycles. The molecule has 1 aromatic heterocycles. The molecule has 0 aliphatic heterocycles. The lowest BCUT2D eigenvalue weighted by Gasteiger charge is -2.05. The van der Waals surface area contributed by atoms with E-state index in [0.29, 0.717) is 23.3 Å². The lowest BCUT2D eigenvalue weighted by atomic mass is 10.1. The van der Waals surface area contributed by atoms with Crippen LogP contribution in [0, 0.1) is 6.92 Å². The number of nitrogens with zero attached hydrogens (tertiary/aromatic N) is 2. The van der Waals surface area contributed by atoms with Crippen molar-refractivity contribution >= 4 is 31.8 Å². The highest BCUT2D eigenvalue weighted by Crippen LogP contribution is 2.22. The summed E-state index contributed by atoms with van der Waals surface area (Å²) < 4.78 is 28.8. The Morgan fingerprint density at radius 2 is 1.95 bits per heavy atom. The van der Waals surface area contributed by atoms with E-state index in [-0.39, 0.29) is 5.75 Å². The van der Waals surface area contributed by atoms with E-state index in [0.717, 1.165) is 12.0 Å². The highest BCUT2D eigenvalue weighted by atomic mass is 79.9. The molecule has 1 aromatic carbocycles. The van der Waals surface area contributed by atoms with Crippen molar-refractivity contribution in [1.82, 2.24) is 9.78 Å². The number of halogens is 1. The first-order chi connectivity index (χ1) is 10.4. The molecule has 2 aromatic rings. The maximum atomic E-state index is 11.9. The third-order valence-electron chi connectivity index (χ3n) is 3.20. The lowest BCUT2D eigenvalue weighted by molar-refractivity contribution is 0.597. The molecule has 0 aliphatic rings. The molecule has 120 valence electrons. The van der Waals surface area contributed by atoms with Crippen molar-refractivity contribution in [1.29, 1.82) is 0 Å². The smallest absolute Gasteiger partial charge is 0.233 e. The van der Waals surface area contributed by atoms with Gasteiger partial charge >= 0.3 is 0 Å². The molecule has 0 amide bonds. The minimum Gasteiger partial charge on any atom is -0.265 e. The van der Waals surface area contributed by atoms with Crippen LogP contribution in [0.3, 0.4) is 0 Å². The Morgan fingerprint density at radius 3 is 2.59 bits per heavy atom. The molecule has 0 saturated carbocycles. The first-order valence-electron chi connectivity index (χ1n) is 7.18. The molecule has 22 heavy (non-hydrogen) atoms. The monoisotopic (exact) mass is 385 g/mol. The summed E-state index contributed by atoms with van der Waals surface area (Å²) >= 11 is 3.35. The number of aromatic nitrogens is 2. The molecule has 1 heterocycles. The molecule has 2 rings (SSSR count). The average molecular weight is 386 g/mol. The van der Waals surface area contributed by atoms with Gasteiger partial charge < -0.3 is 0 Å². The van der Waals surface area contributed by atoms with Gasteiger partial charge in [0.1, 0.15) is 0 Å². The Balaban J connectivity index is 2.09. The third kappa shape index (κ3) is 4.84. The quantitative estimate of drug-likeness (QED) is 0.792. The number of nitrogens with one attached hydrogen (secondary N) is 1. The van der Waals surface area contributed by atoms with Gasteiger partial charge in [-0.15, -0.1) is 0 Å². The molecular weight excluding hydrogens is 366 g/mol. The van der Waals surface area contributed by atoms with Gasteiger partial charge in [0.05, 0.1) is 16.8 Å². The van der Waals surface area contributed by atoms with Crippen LogP contribution in [0.5, 0.6) is 0 Å². The fourth-order valence-corrected chi connectivity index (χ4v) is 3.72. The molecule has 0 bridgehead atoms. The second kappa shape index (κ2) is 7.28. The van der Waals surface area contributed by atoms with Gasteiger partial charge in [-0.3, -0.25) is 9.40 Å². The zero-order valence-corrected chi connectivity index (χ0v) is 15.1. The van der Waals surface area contributed by atoms with Crippen molar-refractivity contribution in [2.24, 2.45) is 0 Å². The van der Waals surface area contributed by atoms with Gasteiger partial charge in [0.25, 0.3) is 0 Å². The summed E-state index contributed by atoms with van der Waals surface area (Å²) in [6.07, 6.45) is 3.25. The number of hydrogen-bond donors (Lipinski definition) is 1. The highest BCUT2D eigenvalue weighted by molar-refractivity contribution is 9.10. The van der Waals surface area contributed by atoms with Crippen molar-refractivity contribution < 1.29 is 8.42 Å². The van der Waals surface area contributed by atoms with Crippen molar-refractivity contribution in [3.63, 3.8) is 0 Å². The van der Waals surface area contributed by atoms with Gasteiger partial charge in [0.2, 0.25) is 10.0 Å². The molecule has 0 aliphatic carbocycles. The predicted octanol–water partition coefficient (Wildman–Crippen LogP) is 3.54. The fourth-order valence-electron chi connectivity index (χ4n) is 1.96. The summed E-state index contributed by atoms with van der Waals surface area (Å²) in [5, 5.41) is 4.30. The summed E-state index contributed by atoms with van der Waals surface area (Å²) in [7, 11) is -3.34. The number of unbranched alkanes of at least 4 members (excludes halogenated alkanes) is 1. The van der Waals surface area contributed by atoms with E-state index < -0.39 is 10.0 Å². The Morgan fingerprint density at radius 1 is 1.27 bits per heavy atom. The van der Waals surface area contributed by atoms with E-state index in [1.54, 1.807) is 10.9 Å². The summed E-state index contributed by atoms with van der Waals surface area (Å²) in [6.45, 7) is 4.59. The van der Waals surface area contributed by atoms with Gasteiger partial charge in [0.15, 0.2) is 5.82 Å². The lowest BCUT2D eigenvalue weighted by Crippen LogP contribution is -2.17. The van der Waals surface area contributed by atoms with Crippen LogP contribution in [0.1, 0.15) is 30.9 Å². The van der Waals surface area contributed by atoms with Crippen LogP contribution in [0.4, 0.5) is 5.82 Å². The number of anilines is 1. The van der Waals surface area contributed by atoms with E-state index >= 15 is 0 Å². The summed E-state index contributed by atoms with van der Waals surface area (Å²) in [4.78, 5) is 0. The zero-order chi connectivity index (χ0) is 16.2. The molecule has 1 N–H and O–H groups in total. The van der Waals surface area contributed by atoms with E-state index in [1.165, 1.54) is 5.56 Å². The van der Waals surface area contributed by atoms with E-state index in [2.05, 4.69) is 25.8 Å². The minimum atomic E-state index is -3.34. The Bertz CT molecular complexity index is 724. The number of rotatable bonds is 7.